The molecule has 2 N–H and O–H groups in total. The normalized spacial score (nSPS) is 9.42. The van der Waals surface area contributed by atoms with E-state index < -0.39 is 0 Å². The van der Waals surface area contributed by atoms with Crippen molar-refractivity contribution in [2.45, 2.75) is 6.92 Å². The summed E-state index contributed by atoms with van der Waals surface area (Å²) in [6.07, 6.45) is 1.93. The molecule has 0 unspecified atom stereocenters. The van der Waals surface area contributed by atoms with Crippen LogP contribution in [0.3, 0.4) is 0 Å². The number of hydrogen-bond acceptors (Lipinski definition) is 4. The van der Waals surface area contributed by atoms with Crippen LogP contribution in [0, 0.1) is 0 Å². The number of aromatic nitrogens is 1. The number of aldehydes is 1. The van der Waals surface area contributed by atoms with E-state index in [0.29, 0.717) is 11.8 Å². The van der Waals surface area contributed by atoms with Crippen LogP contribution in [0.1, 0.15) is 27.6 Å². The van der Waals surface area contributed by atoms with E-state index in [4.69, 9.17) is 5.73 Å². The lowest BCUT2D eigenvalue weighted by molar-refractivity contribution is 0.101. The zero-order chi connectivity index (χ0) is 9.14. The largest absolute Gasteiger partial charge is 0.383 e. The van der Waals surface area contributed by atoms with Crippen LogP contribution in [0.25, 0.3) is 0 Å². The minimum atomic E-state index is -0.134. The Labute approximate surface area is 69.4 Å². The fourth-order valence-electron chi connectivity index (χ4n) is 0.779. The Morgan fingerprint density at radius 1 is 1.67 bits per heavy atom. The molecule has 4 heteroatoms. The second-order valence-corrected chi connectivity index (χ2v) is 2.37. The van der Waals surface area contributed by atoms with Crippen LogP contribution in [-0.4, -0.2) is 17.1 Å². The van der Waals surface area contributed by atoms with Crippen LogP contribution in [0.2, 0.25) is 0 Å². The molecule has 0 aliphatic carbocycles. The predicted octanol–water partition coefficient (Wildman–Crippen LogP) is 0.679. The Balaban J connectivity index is 3.22. The van der Waals surface area contributed by atoms with Crippen molar-refractivity contribution in [3.05, 3.63) is 23.4 Å². The first kappa shape index (κ1) is 8.39. The van der Waals surface area contributed by atoms with Crippen molar-refractivity contribution in [2.75, 3.05) is 5.73 Å². The fourth-order valence-corrected chi connectivity index (χ4v) is 0.779. The van der Waals surface area contributed by atoms with E-state index in [0.717, 1.165) is 0 Å². The lowest BCUT2D eigenvalue weighted by Gasteiger charge is -1.98. The zero-order valence-electron chi connectivity index (χ0n) is 6.57. The lowest BCUT2D eigenvalue weighted by Crippen LogP contribution is -2.01. The van der Waals surface area contributed by atoms with E-state index >= 15 is 0 Å². The Bertz CT molecular complexity index is 334. The van der Waals surface area contributed by atoms with Gasteiger partial charge in [0.25, 0.3) is 0 Å². The number of pyridine rings is 1. The summed E-state index contributed by atoms with van der Waals surface area (Å²) in [6.45, 7) is 1.40. The molecule has 1 heterocycles. The first-order valence-corrected chi connectivity index (χ1v) is 3.37. The highest BCUT2D eigenvalue weighted by Crippen LogP contribution is 2.08. The third-order valence-corrected chi connectivity index (χ3v) is 1.48. The van der Waals surface area contributed by atoms with Crippen LogP contribution in [0.5, 0.6) is 0 Å². The number of rotatable bonds is 2. The molecular weight excluding hydrogens is 156 g/mol. The van der Waals surface area contributed by atoms with Gasteiger partial charge in [0.2, 0.25) is 0 Å². The molecule has 0 bridgehead atoms. The van der Waals surface area contributed by atoms with Crippen molar-refractivity contribution in [3.8, 4) is 0 Å². The highest BCUT2D eigenvalue weighted by Gasteiger charge is 2.03. The topological polar surface area (TPSA) is 73.1 Å². The maximum absolute atomic E-state index is 10.8. The van der Waals surface area contributed by atoms with Gasteiger partial charge < -0.3 is 5.73 Å². The van der Waals surface area contributed by atoms with E-state index in [1.807, 2.05) is 0 Å². The van der Waals surface area contributed by atoms with Gasteiger partial charge >= 0.3 is 0 Å². The number of ketones is 1. The van der Waals surface area contributed by atoms with Crippen LogP contribution in [0.4, 0.5) is 5.82 Å². The maximum Gasteiger partial charge on any atom is 0.161 e. The second-order valence-electron chi connectivity index (χ2n) is 2.37. The molecule has 62 valence electrons. The molecule has 0 radical (unpaired) electrons. The van der Waals surface area contributed by atoms with E-state index in [-0.39, 0.29) is 17.2 Å². The average molecular weight is 164 g/mol. The number of nitrogens with zero attached hydrogens (tertiary/aromatic N) is 1. The summed E-state index contributed by atoms with van der Waals surface area (Å²) in [7, 11) is 0. The van der Waals surface area contributed by atoms with Gasteiger partial charge in [-0.1, -0.05) is 0 Å². The Kier molecular flexibility index (Phi) is 2.19. The minimum absolute atomic E-state index is 0.134. The van der Waals surface area contributed by atoms with Gasteiger partial charge in [-0.3, -0.25) is 9.59 Å². The van der Waals surface area contributed by atoms with Gasteiger partial charge in [0.1, 0.15) is 5.82 Å². The number of carbonyl (C=O) groups excluding carboxylic acids is 2. The maximum atomic E-state index is 10.8. The number of nitrogens with two attached hydrogens (primary N) is 1. The first-order valence-electron chi connectivity index (χ1n) is 3.37. The predicted molar refractivity (Wildman–Crippen MR) is 44.0 cm³/mol. The molecule has 4 nitrogen and oxygen atoms in total. The molecule has 0 amide bonds. The summed E-state index contributed by atoms with van der Waals surface area (Å²) in [5.41, 5.74) is 5.99. The summed E-state index contributed by atoms with van der Waals surface area (Å²) >= 11 is 0. The van der Waals surface area contributed by atoms with Crippen molar-refractivity contribution in [1.29, 1.82) is 0 Å². The van der Waals surface area contributed by atoms with Crippen molar-refractivity contribution in [3.63, 3.8) is 0 Å². The van der Waals surface area contributed by atoms with Gasteiger partial charge in [-0.25, -0.2) is 4.98 Å². The van der Waals surface area contributed by atoms with E-state index in [9.17, 15) is 9.59 Å². The molecule has 1 rings (SSSR count). The zero-order valence-corrected chi connectivity index (χ0v) is 6.57. The third-order valence-electron chi connectivity index (χ3n) is 1.48. The quantitative estimate of drug-likeness (QED) is 0.515. The van der Waals surface area contributed by atoms with Crippen molar-refractivity contribution in [2.24, 2.45) is 0 Å². The van der Waals surface area contributed by atoms with E-state index in [1.54, 1.807) is 0 Å². The summed E-state index contributed by atoms with van der Waals surface area (Å²) in [5.74, 6) is 0.0144. The van der Waals surface area contributed by atoms with Gasteiger partial charge in [-0.15, -0.1) is 0 Å². The molecule has 0 saturated heterocycles. The summed E-state index contributed by atoms with van der Waals surface area (Å²) in [5, 5.41) is 0. The molecule has 0 saturated carbocycles. The van der Waals surface area contributed by atoms with Gasteiger partial charge in [0, 0.05) is 11.8 Å². The molecule has 0 aromatic carbocycles. The summed E-state index contributed by atoms with van der Waals surface area (Å²) in [4.78, 5) is 24.9. The van der Waals surface area contributed by atoms with Crippen molar-refractivity contribution >= 4 is 17.9 Å². The standard InChI is InChI=1S/C8H8N2O2/c1-5(12)6-2-7(4-11)8(9)10-3-6/h2-4H,1H3,(H2,9,10). The Morgan fingerprint density at radius 3 is 2.83 bits per heavy atom. The minimum Gasteiger partial charge on any atom is -0.383 e. The summed E-state index contributed by atoms with van der Waals surface area (Å²) in [6, 6.07) is 1.43. The third kappa shape index (κ3) is 1.47. The molecule has 0 atom stereocenters. The Hall–Kier alpha value is -1.71. The molecule has 0 spiro atoms. The van der Waals surface area contributed by atoms with Crippen LogP contribution < -0.4 is 5.73 Å². The number of carbonyl (C=O) groups is 2. The monoisotopic (exact) mass is 164 g/mol. The van der Waals surface area contributed by atoms with Gasteiger partial charge in [-0.2, -0.15) is 0 Å². The average Bonchev–Trinajstić information content (AvgIpc) is 2.05. The number of Topliss-reactive ketones (excluding diaryl/α,β-unsaturated/α-hetero) is 1. The van der Waals surface area contributed by atoms with Crippen LogP contribution in [-0.2, 0) is 0 Å². The van der Waals surface area contributed by atoms with E-state index in [1.165, 1.54) is 19.2 Å². The highest BCUT2D eigenvalue weighted by molar-refractivity contribution is 5.96. The molecule has 1 aromatic rings. The van der Waals surface area contributed by atoms with Crippen molar-refractivity contribution in [1.82, 2.24) is 4.98 Å². The van der Waals surface area contributed by atoms with E-state index in [2.05, 4.69) is 4.98 Å². The van der Waals surface area contributed by atoms with Crippen LogP contribution >= 0.6 is 0 Å². The summed E-state index contributed by atoms with van der Waals surface area (Å²) < 4.78 is 0. The lowest BCUT2D eigenvalue weighted by atomic mass is 10.1. The number of nitrogen functional groups attached to an aromatic ring is 1. The Morgan fingerprint density at radius 2 is 2.33 bits per heavy atom. The number of hydrogen-bond donors (Lipinski definition) is 1. The first-order chi connectivity index (χ1) is 5.65. The van der Waals surface area contributed by atoms with Crippen molar-refractivity contribution < 1.29 is 9.59 Å². The molecule has 0 fully saturated rings. The molecular formula is C8H8N2O2. The molecule has 0 aliphatic rings. The highest BCUT2D eigenvalue weighted by atomic mass is 16.1. The van der Waals surface area contributed by atoms with Gasteiger partial charge in [0.15, 0.2) is 12.1 Å². The fraction of sp³-hybridized carbons (Fsp3) is 0.125. The SMILES string of the molecule is CC(=O)c1cnc(N)c(C=O)c1. The smallest absolute Gasteiger partial charge is 0.161 e. The van der Waals surface area contributed by atoms with Gasteiger partial charge in [-0.05, 0) is 13.0 Å². The van der Waals surface area contributed by atoms with Crippen LogP contribution in [0.15, 0.2) is 12.3 Å². The second kappa shape index (κ2) is 3.13. The molecule has 12 heavy (non-hydrogen) atoms. The van der Waals surface area contributed by atoms with Gasteiger partial charge in [0.05, 0.1) is 5.56 Å². The number of anilines is 1. The molecule has 0 aliphatic heterocycles. The molecule has 1 aromatic heterocycles.